The molecule has 4 nitrogen and oxygen atoms in total. The molecule has 0 bridgehead atoms. The number of ether oxygens (including phenoxy) is 1. The number of morpholine rings is 1. The van der Waals surface area contributed by atoms with Crippen LogP contribution in [0.4, 0.5) is 5.82 Å². The maximum absolute atomic E-state index is 6.40. The van der Waals surface area contributed by atoms with Crippen molar-refractivity contribution in [1.82, 2.24) is 10.3 Å². The van der Waals surface area contributed by atoms with Crippen molar-refractivity contribution in [3.8, 4) is 0 Å². The molecule has 1 N–H and O–H groups in total. The Labute approximate surface area is 126 Å². The first-order chi connectivity index (χ1) is 9.52. The van der Waals surface area contributed by atoms with Gasteiger partial charge in [0, 0.05) is 25.8 Å². The third-order valence-corrected chi connectivity index (χ3v) is 3.64. The number of hydrogen-bond acceptors (Lipinski definition) is 4. The molecule has 0 radical (unpaired) electrons. The summed E-state index contributed by atoms with van der Waals surface area (Å²) < 4.78 is 5.72. The van der Waals surface area contributed by atoms with E-state index >= 15 is 0 Å². The third-order valence-electron chi connectivity index (χ3n) is 3.36. The fourth-order valence-electron chi connectivity index (χ4n) is 2.41. The molecule has 20 heavy (non-hydrogen) atoms. The van der Waals surface area contributed by atoms with Crippen LogP contribution in [0.15, 0.2) is 12.3 Å². The van der Waals surface area contributed by atoms with E-state index in [2.05, 4.69) is 36.0 Å². The highest BCUT2D eigenvalue weighted by atomic mass is 35.5. The molecule has 112 valence electrons. The zero-order valence-corrected chi connectivity index (χ0v) is 13.3. The Hall–Kier alpha value is -0.840. The molecule has 1 fully saturated rings. The van der Waals surface area contributed by atoms with E-state index < -0.39 is 0 Å². The molecule has 0 saturated carbocycles. The number of nitrogens with zero attached hydrogens (tertiary/aromatic N) is 2. The van der Waals surface area contributed by atoms with Crippen molar-refractivity contribution < 1.29 is 4.74 Å². The van der Waals surface area contributed by atoms with Crippen LogP contribution >= 0.6 is 11.6 Å². The lowest BCUT2D eigenvalue weighted by Crippen LogP contribution is -2.48. The van der Waals surface area contributed by atoms with Crippen molar-refractivity contribution in [3.63, 3.8) is 0 Å². The number of anilines is 1. The molecule has 1 aliphatic rings. The van der Waals surface area contributed by atoms with E-state index in [1.165, 1.54) is 0 Å². The molecule has 0 spiro atoms. The standard InChI is InChI=1S/C15H24ClN3O/c1-4-5-17-9-12-8-13(16)14(18-10-12)19-6-7-20-15(2,3)11-19/h8,10,17H,4-7,9,11H2,1-3H3. The SMILES string of the molecule is CCCNCc1cnc(N2CCOC(C)(C)C2)c(Cl)c1. The smallest absolute Gasteiger partial charge is 0.147 e. The third kappa shape index (κ3) is 4.08. The van der Waals surface area contributed by atoms with Crippen molar-refractivity contribution >= 4 is 17.4 Å². The Morgan fingerprint density at radius 2 is 2.30 bits per heavy atom. The van der Waals surface area contributed by atoms with E-state index in [0.29, 0.717) is 6.61 Å². The predicted molar refractivity (Wildman–Crippen MR) is 83.5 cm³/mol. The van der Waals surface area contributed by atoms with Crippen LogP contribution in [-0.2, 0) is 11.3 Å². The quantitative estimate of drug-likeness (QED) is 0.848. The molecular formula is C15H24ClN3O. The lowest BCUT2D eigenvalue weighted by atomic mass is 10.1. The van der Waals surface area contributed by atoms with Gasteiger partial charge in [-0.2, -0.15) is 0 Å². The van der Waals surface area contributed by atoms with Crippen LogP contribution in [-0.4, -0.2) is 36.8 Å². The second-order valence-electron chi connectivity index (χ2n) is 5.86. The lowest BCUT2D eigenvalue weighted by molar-refractivity contribution is -0.0279. The van der Waals surface area contributed by atoms with Gasteiger partial charge in [0.25, 0.3) is 0 Å². The number of nitrogens with one attached hydrogen (secondary N) is 1. The summed E-state index contributed by atoms with van der Waals surface area (Å²) in [6.45, 7) is 10.5. The van der Waals surface area contributed by atoms with Crippen LogP contribution in [0.1, 0.15) is 32.8 Å². The van der Waals surface area contributed by atoms with E-state index in [9.17, 15) is 0 Å². The predicted octanol–water partition coefficient (Wildman–Crippen LogP) is 2.85. The maximum Gasteiger partial charge on any atom is 0.147 e. The average Bonchev–Trinajstić information content (AvgIpc) is 2.38. The fraction of sp³-hybridized carbons (Fsp3) is 0.667. The van der Waals surface area contributed by atoms with Crippen LogP contribution in [0, 0.1) is 0 Å². The fourth-order valence-corrected chi connectivity index (χ4v) is 2.71. The Balaban J connectivity index is 2.05. The van der Waals surface area contributed by atoms with Gasteiger partial charge in [0.1, 0.15) is 5.82 Å². The summed E-state index contributed by atoms with van der Waals surface area (Å²) in [5.74, 6) is 0.863. The molecule has 0 aliphatic carbocycles. The molecule has 2 rings (SSSR count). The lowest BCUT2D eigenvalue weighted by Gasteiger charge is -2.39. The van der Waals surface area contributed by atoms with E-state index in [0.717, 1.165) is 49.0 Å². The first-order valence-electron chi connectivity index (χ1n) is 7.26. The summed E-state index contributed by atoms with van der Waals surface area (Å²) in [6, 6.07) is 2.01. The van der Waals surface area contributed by atoms with Gasteiger partial charge in [0.05, 0.1) is 17.2 Å². The van der Waals surface area contributed by atoms with Crippen molar-refractivity contribution in [2.45, 2.75) is 39.3 Å². The molecule has 5 heteroatoms. The van der Waals surface area contributed by atoms with Crippen LogP contribution in [0.25, 0.3) is 0 Å². The van der Waals surface area contributed by atoms with Crippen molar-refractivity contribution in [2.75, 3.05) is 31.1 Å². The Kier molecular flexibility index (Phi) is 5.24. The highest BCUT2D eigenvalue weighted by Crippen LogP contribution is 2.28. The molecular weight excluding hydrogens is 274 g/mol. The van der Waals surface area contributed by atoms with Gasteiger partial charge >= 0.3 is 0 Å². The highest BCUT2D eigenvalue weighted by Gasteiger charge is 2.28. The van der Waals surface area contributed by atoms with Crippen molar-refractivity contribution in [2.24, 2.45) is 0 Å². The summed E-state index contributed by atoms with van der Waals surface area (Å²) in [6.07, 6.45) is 3.04. The summed E-state index contributed by atoms with van der Waals surface area (Å²) in [4.78, 5) is 6.75. The zero-order valence-electron chi connectivity index (χ0n) is 12.6. The number of pyridine rings is 1. The van der Waals surface area contributed by atoms with E-state index in [1.807, 2.05) is 12.3 Å². The average molecular weight is 298 g/mol. The van der Waals surface area contributed by atoms with Crippen LogP contribution in [0.2, 0.25) is 5.02 Å². The van der Waals surface area contributed by atoms with Gasteiger partial charge in [-0.05, 0) is 38.4 Å². The van der Waals surface area contributed by atoms with Crippen LogP contribution in [0.3, 0.4) is 0 Å². The molecule has 0 unspecified atom stereocenters. The first-order valence-corrected chi connectivity index (χ1v) is 7.63. The Morgan fingerprint density at radius 3 is 2.95 bits per heavy atom. The largest absolute Gasteiger partial charge is 0.372 e. The second-order valence-corrected chi connectivity index (χ2v) is 6.26. The molecule has 0 amide bonds. The number of aromatic nitrogens is 1. The van der Waals surface area contributed by atoms with E-state index in [-0.39, 0.29) is 5.60 Å². The second kappa shape index (κ2) is 6.74. The summed E-state index contributed by atoms with van der Waals surface area (Å²) in [5.41, 5.74) is 0.977. The Bertz CT molecular complexity index is 451. The Morgan fingerprint density at radius 1 is 1.50 bits per heavy atom. The van der Waals surface area contributed by atoms with E-state index in [4.69, 9.17) is 16.3 Å². The number of hydrogen-bond donors (Lipinski definition) is 1. The van der Waals surface area contributed by atoms with Crippen molar-refractivity contribution in [3.05, 3.63) is 22.8 Å². The molecule has 1 saturated heterocycles. The van der Waals surface area contributed by atoms with Gasteiger partial charge in [-0.25, -0.2) is 4.98 Å². The van der Waals surface area contributed by atoms with Gasteiger partial charge in [-0.3, -0.25) is 0 Å². The normalized spacial score (nSPS) is 18.3. The van der Waals surface area contributed by atoms with Gasteiger partial charge in [-0.15, -0.1) is 0 Å². The topological polar surface area (TPSA) is 37.4 Å². The minimum absolute atomic E-state index is 0.148. The first kappa shape index (κ1) is 15.5. The minimum atomic E-state index is -0.148. The highest BCUT2D eigenvalue weighted by molar-refractivity contribution is 6.33. The molecule has 2 heterocycles. The number of halogens is 1. The van der Waals surface area contributed by atoms with Gasteiger partial charge in [0.2, 0.25) is 0 Å². The summed E-state index contributed by atoms with van der Waals surface area (Å²) in [7, 11) is 0. The molecule has 0 atom stereocenters. The minimum Gasteiger partial charge on any atom is -0.372 e. The van der Waals surface area contributed by atoms with Gasteiger partial charge < -0.3 is 15.0 Å². The molecule has 1 aromatic heterocycles. The van der Waals surface area contributed by atoms with Crippen LogP contribution in [0.5, 0.6) is 0 Å². The zero-order chi connectivity index (χ0) is 14.6. The van der Waals surface area contributed by atoms with Gasteiger partial charge in [0.15, 0.2) is 0 Å². The number of rotatable bonds is 5. The molecule has 1 aliphatic heterocycles. The van der Waals surface area contributed by atoms with Crippen molar-refractivity contribution in [1.29, 1.82) is 0 Å². The van der Waals surface area contributed by atoms with Gasteiger partial charge in [-0.1, -0.05) is 18.5 Å². The monoisotopic (exact) mass is 297 g/mol. The molecule has 0 aromatic carbocycles. The summed E-state index contributed by atoms with van der Waals surface area (Å²) >= 11 is 6.40. The van der Waals surface area contributed by atoms with Crippen LogP contribution < -0.4 is 10.2 Å². The summed E-state index contributed by atoms with van der Waals surface area (Å²) in [5, 5.41) is 4.08. The van der Waals surface area contributed by atoms with E-state index in [1.54, 1.807) is 0 Å². The molecule has 1 aromatic rings. The maximum atomic E-state index is 6.40.